The average molecular weight is 195 g/mol. The molecule has 1 rings (SSSR count). The summed E-state index contributed by atoms with van der Waals surface area (Å²) in [5.41, 5.74) is 6.65. The highest BCUT2D eigenvalue weighted by Gasteiger charge is 2.13. The number of nitrogens with two attached hydrogens (primary N) is 1. The van der Waals surface area contributed by atoms with Crippen LogP contribution in [0.2, 0.25) is 0 Å². The Morgan fingerprint density at radius 1 is 1.36 bits per heavy atom. The van der Waals surface area contributed by atoms with E-state index in [4.69, 9.17) is 15.2 Å². The number of para-hydroxylation sites is 1. The molecule has 0 aliphatic carbocycles. The topological polar surface area (TPSA) is 44.5 Å². The molecule has 0 aliphatic heterocycles. The third-order valence-electron chi connectivity index (χ3n) is 2.07. The van der Waals surface area contributed by atoms with E-state index < -0.39 is 0 Å². The van der Waals surface area contributed by atoms with E-state index in [0.29, 0.717) is 13.2 Å². The highest BCUT2D eigenvalue weighted by atomic mass is 16.5. The van der Waals surface area contributed by atoms with Gasteiger partial charge in [-0.05, 0) is 13.0 Å². The predicted octanol–water partition coefficient (Wildman–Crippen LogP) is 1.73. The van der Waals surface area contributed by atoms with Crippen molar-refractivity contribution in [1.82, 2.24) is 0 Å². The lowest BCUT2D eigenvalue weighted by Crippen LogP contribution is -2.16. The van der Waals surface area contributed by atoms with E-state index >= 15 is 0 Å². The van der Waals surface area contributed by atoms with Gasteiger partial charge in [0.25, 0.3) is 0 Å². The molecular weight excluding hydrogens is 178 g/mol. The summed E-state index contributed by atoms with van der Waals surface area (Å²) in [6.45, 7) is 3.08. The van der Waals surface area contributed by atoms with Gasteiger partial charge in [0.05, 0.1) is 13.2 Å². The molecule has 0 saturated carbocycles. The monoisotopic (exact) mass is 195 g/mol. The summed E-state index contributed by atoms with van der Waals surface area (Å²) in [5.74, 6) is 0.830. The maximum Gasteiger partial charge on any atom is 0.124 e. The standard InChI is InChI=1S/C11H17NO2/c1-3-14-11(8-12)9-6-4-5-7-10(9)13-2/h4-7,11H,3,8,12H2,1-2H3. The zero-order valence-corrected chi connectivity index (χ0v) is 8.69. The van der Waals surface area contributed by atoms with Crippen molar-refractivity contribution >= 4 is 0 Å². The van der Waals surface area contributed by atoms with Crippen LogP contribution in [0.5, 0.6) is 5.75 Å². The molecule has 3 heteroatoms. The molecule has 14 heavy (non-hydrogen) atoms. The van der Waals surface area contributed by atoms with Crippen LogP contribution in [0.3, 0.4) is 0 Å². The number of rotatable bonds is 5. The van der Waals surface area contributed by atoms with E-state index in [1.54, 1.807) is 7.11 Å². The zero-order valence-electron chi connectivity index (χ0n) is 8.69. The Balaban J connectivity index is 2.90. The number of methoxy groups -OCH3 is 1. The molecule has 0 aromatic heterocycles. The van der Waals surface area contributed by atoms with E-state index in [0.717, 1.165) is 11.3 Å². The summed E-state index contributed by atoms with van der Waals surface area (Å²) in [6.07, 6.45) is -0.0730. The largest absolute Gasteiger partial charge is 0.496 e. The molecule has 1 unspecified atom stereocenters. The van der Waals surface area contributed by atoms with Crippen LogP contribution >= 0.6 is 0 Å². The second kappa shape index (κ2) is 5.62. The van der Waals surface area contributed by atoms with E-state index in [1.165, 1.54) is 0 Å². The van der Waals surface area contributed by atoms with Gasteiger partial charge in [-0.2, -0.15) is 0 Å². The number of benzene rings is 1. The molecule has 0 radical (unpaired) electrons. The second-order valence-corrected chi connectivity index (χ2v) is 2.92. The van der Waals surface area contributed by atoms with Gasteiger partial charge >= 0.3 is 0 Å². The normalized spacial score (nSPS) is 12.5. The second-order valence-electron chi connectivity index (χ2n) is 2.92. The molecule has 0 aliphatic rings. The van der Waals surface area contributed by atoms with Crippen molar-refractivity contribution in [2.24, 2.45) is 5.73 Å². The van der Waals surface area contributed by atoms with Crippen LogP contribution in [0.4, 0.5) is 0 Å². The fourth-order valence-corrected chi connectivity index (χ4v) is 1.42. The molecule has 0 fully saturated rings. The summed E-state index contributed by atoms with van der Waals surface area (Å²) in [7, 11) is 1.65. The Morgan fingerprint density at radius 2 is 2.07 bits per heavy atom. The van der Waals surface area contributed by atoms with Gasteiger partial charge in [0.1, 0.15) is 5.75 Å². The first-order chi connectivity index (χ1) is 6.83. The maximum absolute atomic E-state index is 5.63. The van der Waals surface area contributed by atoms with Gasteiger partial charge in [-0.3, -0.25) is 0 Å². The first-order valence-electron chi connectivity index (χ1n) is 4.78. The lowest BCUT2D eigenvalue weighted by Gasteiger charge is -2.17. The van der Waals surface area contributed by atoms with Gasteiger partial charge in [-0.1, -0.05) is 18.2 Å². The Bertz CT molecular complexity index is 276. The number of hydrogen-bond donors (Lipinski definition) is 1. The quantitative estimate of drug-likeness (QED) is 0.778. The van der Waals surface area contributed by atoms with E-state index in [1.807, 2.05) is 31.2 Å². The van der Waals surface area contributed by atoms with Crippen molar-refractivity contribution in [3.63, 3.8) is 0 Å². The number of ether oxygens (including phenoxy) is 2. The van der Waals surface area contributed by atoms with E-state index in [-0.39, 0.29) is 6.10 Å². The third kappa shape index (κ3) is 2.47. The first-order valence-corrected chi connectivity index (χ1v) is 4.78. The molecule has 1 atom stereocenters. The van der Waals surface area contributed by atoms with Crippen LogP contribution in [0.25, 0.3) is 0 Å². The van der Waals surface area contributed by atoms with Crippen LogP contribution < -0.4 is 10.5 Å². The van der Waals surface area contributed by atoms with Gasteiger partial charge in [0, 0.05) is 18.7 Å². The molecule has 1 aromatic rings. The third-order valence-corrected chi connectivity index (χ3v) is 2.07. The molecule has 2 N–H and O–H groups in total. The Morgan fingerprint density at radius 3 is 2.64 bits per heavy atom. The fourth-order valence-electron chi connectivity index (χ4n) is 1.42. The van der Waals surface area contributed by atoms with Gasteiger partial charge in [-0.25, -0.2) is 0 Å². The molecule has 0 amide bonds. The minimum absolute atomic E-state index is 0.0730. The first kappa shape index (κ1) is 11.0. The lowest BCUT2D eigenvalue weighted by atomic mass is 10.1. The summed E-state index contributed by atoms with van der Waals surface area (Å²) in [4.78, 5) is 0. The van der Waals surface area contributed by atoms with Crippen LogP contribution in [-0.2, 0) is 4.74 Å². The summed E-state index contributed by atoms with van der Waals surface area (Å²) >= 11 is 0. The molecule has 78 valence electrons. The molecular formula is C11H17NO2. The predicted molar refractivity (Wildman–Crippen MR) is 56.4 cm³/mol. The van der Waals surface area contributed by atoms with Crippen molar-refractivity contribution in [2.75, 3.05) is 20.3 Å². The van der Waals surface area contributed by atoms with Gasteiger partial charge < -0.3 is 15.2 Å². The summed E-state index contributed by atoms with van der Waals surface area (Å²) < 4.78 is 10.8. The molecule has 0 saturated heterocycles. The zero-order chi connectivity index (χ0) is 10.4. The molecule has 1 aromatic carbocycles. The SMILES string of the molecule is CCOC(CN)c1ccccc1OC. The van der Waals surface area contributed by atoms with Crippen LogP contribution in [0.1, 0.15) is 18.6 Å². The summed E-state index contributed by atoms with van der Waals surface area (Å²) in [6, 6.07) is 7.78. The highest BCUT2D eigenvalue weighted by Crippen LogP contribution is 2.26. The number of hydrogen-bond acceptors (Lipinski definition) is 3. The van der Waals surface area contributed by atoms with Gasteiger partial charge in [-0.15, -0.1) is 0 Å². The minimum Gasteiger partial charge on any atom is -0.496 e. The van der Waals surface area contributed by atoms with Crippen LogP contribution in [-0.4, -0.2) is 20.3 Å². The van der Waals surface area contributed by atoms with Crippen molar-refractivity contribution < 1.29 is 9.47 Å². The fraction of sp³-hybridized carbons (Fsp3) is 0.455. The van der Waals surface area contributed by atoms with Crippen LogP contribution in [0.15, 0.2) is 24.3 Å². The Hall–Kier alpha value is -1.06. The molecule has 0 heterocycles. The Kier molecular flexibility index (Phi) is 4.43. The smallest absolute Gasteiger partial charge is 0.124 e. The van der Waals surface area contributed by atoms with E-state index in [9.17, 15) is 0 Å². The highest BCUT2D eigenvalue weighted by molar-refractivity contribution is 5.35. The van der Waals surface area contributed by atoms with Gasteiger partial charge in [0.2, 0.25) is 0 Å². The lowest BCUT2D eigenvalue weighted by molar-refractivity contribution is 0.0670. The van der Waals surface area contributed by atoms with Gasteiger partial charge in [0.15, 0.2) is 0 Å². The van der Waals surface area contributed by atoms with Crippen molar-refractivity contribution in [2.45, 2.75) is 13.0 Å². The summed E-state index contributed by atoms with van der Waals surface area (Å²) in [5, 5.41) is 0. The van der Waals surface area contributed by atoms with Crippen molar-refractivity contribution in [3.05, 3.63) is 29.8 Å². The maximum atomic E-state index is 5.63. The molecule has 0 spiro atoms. The van der Waals surface area contributed by atoms with Crippen molar-refractivity contribution in [1.29, 1.82) is 0 Å². The molecule has 0 bridgehead atoms. The van der Waals surface area contributed by atoms with Crippen LogP contribution in [0, 0.1) is 0 Å². The average Bonchev–Trinajstić information content (AvgIpc) is 2.26. The molecule has 3 nitrogen and oxygen atoms in total. The van der Waals surface area contributed by atoms with Crippen molar-refractivity contribution in [3.8, 4) is 5.75 Å². The minimum atomic E-state index is -0.0730. The van der Waals surface area contributed by atoms with E-state index in [2.05, 4.69) is 0 Å². The Labute approximate surface area is 84.8 Å².